The molecule has 0 aromatic heterocycles. The lowest BCUT2D eigenvalue weighted by molar-refractivity contribution is -0.0849. The predicted octanol–water partition coefficient (Wildman–Crippen LogP) is 3.43. The molecule has 2 atom stereocenters. The van der Waals surface area contributed by atoms with Gasteiger partial charge >= 0.3 is 6.03 Å². The fraction of sp³-hybridized carbons (Fsp3) is 0.533. The van der Waals surface area contributed by atoms with Crippen molar-refractivity contribution in [2.75, 3.05) is 13.7 Å². The molecular formula is C15H19BrN2O3. The van der Waals surface area contributed by atoms with Gasteiger partial charge in [-0.15, -0.1) is 0 Å². The molecule has 0 saturated carbocycles. The molecule has 1 N–H and O–H groups in total. The van der Waals surface area contributed by atoms with Crippen LogP contribution in [-0.4, -0.2) is 30.3 Å². The van der Waals surface area contributed by atoms with E-state index in [1.165, 1.54) is 0 Å². The van der Waals surface area contributed by atoms with E-state index < -0.39 is 5.72 Å². The molecule has 5 nitrogen and oxygen atoms in total. The lowest BCUT2D eigenvalue weighted by Crippen LogP contribution is -2.64. The second-order valence-corrected chi connectivity index (χ2v) is 6.58. The summed E-state index contributed by atoms with van der Waals surface area (Å²) in [6.45, 7) is 4.69. The Bertz CT molecular complexity index is 593. The number of ether oxygens (including phenoxy) is 2. The summed E-state index contributed by atoms with van der Waals surface area (Å²) in [5, 5.41) is 3.07. The normalized spacial score (nSPS) is 26.8. The van der Waals surface area contributed by atoms with Gasteiger partial charge in [0.1, 0.15) is 0 Å². The van der Waals surface area contributed by atoms with Gasteiger partial charge in [0, 0.05) is 23.0 Å². The minimum Gasteiger partial charge on any atom is -0.493 e. The highest BCUT2D eigenvalue weighted by atomic mass is 79.9. The topological polar surface area (TPSA) is 50.8 Å². The molecule has 1 aromatic carbocycles. The maximum Gasteiger partial charge on any atom is 0.320 e. The van der Waals surface area contributed by atoms with Gasteiger partial charge in [0.2, 0.25) is 0 Å². The van der Waals surface area contributed by atoms with Crippen molar-refractivity contribution in [3.63, 3.8) is 0 Å². The Morgan fingerprint density at radius 3 is 3.00 bits per heavy atom. The second kappa shape index (κ2) is 5.09. The molecule has 3 rings (SSSR count). The number of rotatable bonds is 3. The van der Waals surface area contributed by atoms with Crippen molar-refractivity contribution in [1.29, 1.82) is 0 Å². The first-order valence-electron chi connectivity index (χ1n) is 7.13. The molecule has 21 heavy (non-hydrogen) atoms. The Morgan fingerprint density at radius 1 is 1.57 bits per heavy atom. The molecule has 2 aliphatic heterocycles. The Balaban J connectivity index is 2.09. The maximum atomic E-state index is 12.3. The number of nitrogens with one attached hydrogen (secondary N) is 1. The summed E-state index contributed by atoms with van der Waals surface area (Å²) in [5.74, 6) is 1.41. The van der Waals surface area contributed by atoms with E-state index >= 15 is 0 Å². The molecule has 2 heterocycles. The van der Waals surface area contributed by atoms with Crippen LogP contribution in [0.5, 0.6) is 11.5 Å². The standard InChI is InChI=1S/C15H19BrN2O3/c1-4-5-18-14(19)17-11-8-15(18,2)21-13-10(11)6-9(16)7-12(13)20-3/h6-7,11H,4-5,8H2,1-3H3,(H,17,19). The zero-order valence-electron chi connectivity index (χ0n) is 12.4. The minimum absolute atomic E-state index is 0.0502. The van der Waals surface area contributed by atoms with Gasteiger partial charge in [-0.25, -0.2) is 4.79 Å². The molecule has 2 bridgehead atoms. The van der Waals surface area contributed by atoms with E-state index in [9.17, 15) is 4.79 Å². The number of benzene rings is 1. The van der Waals surface area contributed by atoms with Crippen LogP contribution in [-0.2, 0) is 0 Å². The van der Waals surface area contributed by atoms with Crippen LogP contribution in [0.4, 0.5) is 4.79 Å². The summed E-state index contributed by atoms with van der Waals surface area (Å²) in [7, 11) is 1.63. The van der Waals surface area contributed by atoms with E-state index in [4.69, 9.17) is 9.47 Å². The number of carbonyl (C=O) groups is 1. The van der Waals surface area contributed by atoms with E-state index in [1.54, 1.807) is 12.0 Å². The first kappa shape index (κ1) is 14.5. The van der Waals surface area contributed by atoms with Crippen molar-refractivity contribution >= 4 is 22.0 Å². The summed E-state index contributed by atoms with van der Waals surface area (Å²) in [6.07, 6.45) is 1.62. The molecule has 2 amide bonds. The van der Waals surface area contributed by atoms with Gasteiger partial charge in [-0.3, -0.25) is 4.90 Å². The Morgan fingerprint density at radius 2 is 2.33 bits per heavy atom. The number of hydrogen-bond acceptors (Lipinski definition) is 3. The van der Waals surface area contributed by atoms with Crippen LogP contribution < -0.4 is 14.8 Å². The molecule has 1 saturated heterocycles. The highest BCUT2D eigenvalue weighted by Gasteiger charge is 2.49. The van der Waals surface area contributed by atoms with Crippen LogP contribution in [0.25, 0.3) is 0 Å². The number of nitrogens with zero attached hydrogens (tertiary/aromatic N) is 1. The van der Waals surface area contributed by atoms with Crippen LogP contribution in [0.2, 0.25) is 0 Å². The van der Waals surface area contributed by atoms with Gasteiger partial charge in [-0.05, 0) is 25.5 Å². The van der Waals surface area contributed by atoms with Gasteiger partial charge in [0.05, 0.1) is 13.2 Å². The van der Waals surface area contributed by atoms with Gasteiger partial charge in [-0.2, -0.15) is 0 Å². The molecule has 0 radical (unpaired) electrons. The highest BCUT2D eigenvalue weighted by Crippen LogP contribution is 2.49. The zero-order chi connectivity index (χ0) is 15.2. The third kappa shape index (κ3) is 2.25. The van der Waals surface area contributed by atoms with Gasteiger partial charge < -0.3 is 14.8 Å². The summed E-state index contributed by atoms with van der Waals surface area (Å²) < 4.78 is 12.6. The number of urea groups is 1. The number of methoxy groups -OCH3 is 1. The predicted molar refractivity (Wildman–Crippen MR) is 82.6 cm³/mol. The molecule has 114 valence electrons. The van der Waals surface area contributed by atoms with Crippen molar-refractivity contribution in [1.82, 2.24) is 10.2 Å². The van der Waals surface area contributed by atoms with Gasteiger partial charge in [0.15, 0.2) is 17.2 Å². The maximum absolute atomic E-state index is 12.3. The average molecular weight is 355 g/mol. The largest absolute Gasteiger partial charge is 0.493 e. The zero-order valence-corrected chi connectivity index (χ0v) is 14.0. The summed E-state index contributed by atoms with van der Waals surface area (Å²) in [4.78, 5) is 14.1. The van der Waals surface area contributed by atoms with Crippen molar-refractivity contribution in [3.05, 3.63) is 22.2 Å². The molecule has 2 unspecified atom stereocenters. The third-order valence-corrected chi connectivity index (χ3v) is 4.57. The molecule has 1 fully saturated rings. The van der Waals surface area contributed by atoms with E-state index in [0.717, 1.165) is 28.6 Å². The van der Waals surface area contributed by atoms with Crippen molar-refractivity contribution < 1.29 is 14.3 Å². The lowest BCUT2D eigenvalue weighted by Gasteiger charge is -2.50. The van der Waals surface area contributed by atoms with E-state index in [-0.39, 0.29) is 12.1 Å². The lowest BCUT2D eigenvalue weighted by atomic mass is 9.90. The number of fused-ring (bicyclic) bond motifs is 4. The Labute approximate surface area is 132 Å². The number of hydrogen-bond donors (Lipinski definition) is 1. The summed E-state index contributed by atoms with van der Waals surface area (Å²) in [5.41, 5.74) is 0.333. The highest BCUT2D eigenvalue weighted by molar-refractivity contribution is 9.10. The molecule has 0 spiro atoms. The van der Waals surface area contributed by atoms with Gasteiger partial charge in [-0.1, -0.05) is 22.9 Å². The first-order valence-corrected chi connectivity index (χ1v) is 7.92. The minimum atomic E-state index is -0.628. The monoisotopic (exact) mass is 354 g/mol. The van der Waals surface area contributed by atoms with E-state index in [0.29, 0.717) is 12.3 Å². The smallest absolute Gasteiger partial charge is 0.320 e. The number of halogens is 1. The van der Waals surface area contributed by atoms with Crippen LogP contribution in [0.1, 0.15) is 38.3 Å². The van der Waals surface area contributed by atoms with E-state index in [2.05, 4.69) is 28.2 Å². The first-order chi connectivity index (χ1) is 9.98. The fourth-order valence-electron chi connectivity index (χ4n) is 3.16. The van der Waals surface area contributed by atoms with Crippen molar-refractivity contribution in [2.24, 2.45) is 0 Å². The second-order valence-electron chi connectivity index (χ2n) is 5.66. The van der Waals surface area contributed by atoms with Crippen LogP contribution in [0, 0.1) is 0 Å². The van der Waals surface area contributed by atoms with Gasteiger partial charge in [0.25, 0.3) is 0 Å². The van der Waals surface area contributed by atoms with Crippen molar-refractivity contribution in [3.8, 4) is 11.5 Å². The SMILES string of the molecule is CCCN1C(=O)NC2CC1(C)Oc1c(OC)cc(Br)cc12. The number of amides is 2. The molecular weight excluding hydrogens is 336 g/mol. The summed E-state index contributed by atoms with van der Waals surface area (Å²) >= 11 is 3.48. The van der Waals surface area contributed by atoms with Crippen molar-refractivity contribution in [2.45, 2.75) is 38.5 Å². The molecule has 6 heteroatoms. The quantitative estimate of drug-likeness (QED) is 0.904. The summed E-state index contributed by atoms with van der Waals surface area (Å²) in [6, 6.07) is 3.75. The molecule has 2 aliphatic rings. The van der Waals surface area contributed by atoms with Crippen LogP contribution in [0.3, 0.4) is 0 Å². The fourth-order valence-corrected chi connectivity index (χ4v) is 3.61. The Kier molecular flexibility index (Phi) is 3.51. The molecule has 1 aromatic rings. The number of carbonyl (C=O) groups excluding carboxylic acids is 1. The third-order valence-electron chi connectivity index (χ3n) is 4.11. The van der Waals surface area contributed by atoms with E-state index in [1.807, 2.05) is 19.1 Å². The molecule has 0 aliphatic carbocycles. The van der Waals surface area contributed by atoms with Crippen LogP contribution >= 0.6 is 15.9 Å². The van der Waals surface area contributed by atoms with Crippen LogP contribution in [0.15, 0.2) is 16.6 Å². The average Bonchev–Trinajstić information content (AvgIpc) is 2.43. The Hall–Kier alpha value is -1.43.